The van der Waals surface area contributed by atoms with Crippen molar-refractivity contribution < 1.29 is 14.7 Å². The Morgan fingerprint density at radius 3 is 2.38 bits per heavy atom. The molecule has 1 aliphatic carbocycles. The van der Waals surface area contributed by atoms with Crippen LogP contribution < -0.4 is 5.32 Å². The minimum atomic E-state index is -1.60. The highest BCUT2D eigenvalue weighted by molar-refractivity contribution is 6.36. The smallest absolute Gasteiger partial charge is 0.211 e. The summed E-state index contributed by atoms with van der Waals surface area (Å²) >= 11 is 12.3. The minimum absolute atomic E-state index is 0.191. The molecule has 136 valence electrons. The first-order valence-electron chi connectivity index (χ1n) is 8.37. The van der Waals surface area contributed by atoms with E-state index in [0.717, 1.165) is 0 Å². The van der Waals surface area contributed by atoms with E-state index in [9.17, 15) is 14.7 Å². The van der Waals surface area contributed by atoms with Crippen molar-refractivity contribution in [2.45, 2.75) is 37.7 Å². The highest BCUT2D eigenvalue weighted by atomic mass is 35.5. The quantitative estimate of drug-likeness (QED) is 0.519. The number of Topliss-reactive ketones (excluding diaryl/α,β-unsaturated/α-hetero) is 1. The molecule has 1 fully saturated rings. The first-order chi connectivity index (χ1) is 12.3. The summed E-state index contributed by atoms with van der Waals surface area (Å²) in [5.74, 6) is 0.398. The molecule has 0 spiro atoms. The lowest BCUT2D eigenvalue weighted by molar-refractivity contribution is -0.105. The van der Waals surface area contributed by atoms with Crippen LogP contribution in [0.5, 0.6) is 0 Å². The van der Waals surface area contributed by atoms with Gasteiger partial charge < -0.3 is 10.4 Å². The molecule has 2 aromatic carbocycles. The Labute approximate surface area is 162 Å². The molecule has 0 radical (unpaired) electrons. The number of aliphatic hydroxyl groups is 1. The Morgan fingerprint density at radius 1 is 1.19 bits per heavy atom. The number of carbonyl (C=O) groups is 2. The van der Waals surface area contributed by atoms with Gasteiger partial charge in [0.2, 0.25) is 6.41 Å². The SMILES string of the molecule is CC(O)(CC(=O)c1ccc(C2CC2)cc1)c1c(Cl)ccc(Cl)c1NC=O. The molecule has 6 heteroatoms. The molecule has 1 atom stereocenters. The van der Waals surface area contributed by atoms with E-state index in [1.807, 2.05) is 12.1 Å². The number of anilines is 1. The molecule has 2 aromatic rings. The summed E-state index contributed by atoms with van der Waals surface area (Å²) in [5, 5.41) is 13.9. The van der Waals surface area contributed by atoms with Gasteiger partial charge in [-0.1, -0.05) is 47.5 Å². The number of ketones is 1. The first kappa shape index (κ1) is 18.9. The Bertz CT molecular complexity index is 843. The van der Waals surface area contributed by atoms with Crippen LogP contribution in [0.3, 0.4) is 0 Å². The van der Waals surface area contributed by atoms with Gasteiger partial charge in [-0.15, -0.1) is 0 Å². The van der Waals surface area contributed by atoms with Crippen molar-refractivity contribution in [1.29, 1.82) is 0 Å². The Morgan fingerprint density at radius 2 is 1.81 bits per heavy atom. The molecule has 1 saturated carbocycles. The van der Waals surface area contributed by atoms with Crippen LogP contribution in [0.2, 0.25) is 10.0 Å². The molecule has 26 heavy (non-hydrogen) atoms. The standard InChI is InChI=1S/C20H19Cl2NO3/c1-20(26,18-15(21)8-9-16(22)19(18)23-11-24)10-17(25)14-6-4-13(5-7-14)12-2-3-12/h4-9,11-12,26H,2-3,10H2,1H3,(H,23,24). The molecule has 1 amide bonds. The van der Waals surface area contributed by atoms with Gasteiger partial charge >= 0.3 is 0 Å². The topological polar surface area (TPSA) is 66.4 Å². The highest BCUT2D eigenvalue weighted by Gasteiger charge is 2.33. The van der Waals surface area contributed by atoms with E-state index in [-0.39, 0.29) is 33.5 Å². The number of carbonyl (C=O) groups excluding carboxylic acids is 2. The molecule has 0 bridgehead atoms. The molecule has 4 nitrogen and oxygen atoms in total. The van der Waals surface area contributed by atoms with Crippen LogP contribution in [0.25, 0.3) is 0 Å². The third-order valence-corrected chi connectivity index (χ3v) is 5.26. The minimum Gasteiger partial charge on any atom is -0.385 e. The fourth-order valence-corrected chi connectivity index (χ4v) is 3.71. The largest absolute Gasteiger partial charge is 0.385 e. The Kier molecular flexibility index (Phi) is 5.37. The average Bonchev–Trinajstić information content (AvgIpc) is 3.43. The summed E-state index contributed by atoms with van der Waals surface area (Å²) in [6, 6.07) is 10.6. The Hall–Kier alpha value is -1.88. The van der Waals surface area contributed by atoms with Gasteiger partial charge in [-0.3, -0.25) is 9.59 Å². The second-order valence-corrected chi connectivity index (χ2v) is 7.63. The van der Waals surface area contributed by atoms with E-state index in [2.05, 4.69) is 5.32 Å². The van der Waals surface area contributed by atoms with Crippen LogP contribution in [0.15, 0.2) is 36.4 Å². The van der Waals surface area contributed by atoms with Crippen molar-refractivity contribution in [3.63, 3.8) is 0 Å². The van der Waals surface area contributed by atoms with Gasteiger partial charge in [0.25, 0.3) is 0 Å². The van der Waals surface area contributed by atoms with E-state index in [1.54, 1.807) is 12.1 Å². The zero-order chi connectivity index (χ0) is 18.9. The molecular weight excluding hydrogens is 373 g/mol. The zero-order valence-corrected chi connectivity index (χ0v) is 15.8. The summed E-state index contributed by atoms with van der Waals surface area (Å²) in [7, 11) is 0. The fraction of sp³-hybridized carbons (Fsp3) is 0.300. The lowest BCUT2D eigenvalue weighted by Crippen LogP contribution is -2.27. The van der Waals surface area contributed by atoms with Crippen molar-refractivity contribution in [3.05, 3.63) is 63.1 Å². The van der Waals surface area contributed by atoms with Crippen molar-refractivity contribution in [3.8, 4) is 0 Å². The fourth-order valence-electron chi connectivity index (χ4n) is 3.14. The van der Waals surface area contributed by atoms with Gasteiger partial charge in [0.15, 0.2) is 5.78 Å². The normalized spacial score (nSPS) is 16.0. The Balaban J connectivity index is 1.87. The maximum absolute atomic E-state index is 12.7. The summed E-state index contributed by atoms with van der Waals surface area (Å²) in [6.45, 7) is 1.48. The predicted octanol–water partition coefficient (Wildman–Crippen LogP) is 4.92. The molecule has 0 saturated heterocycles. The van der Waals surface area contributed by atoms with Crippen molar-refractivity contribution in [2.75, 3.05) is 5.32 Å². The van der Waals surface area contributed by atoms with Crippen molar-refractivity contribution in [1.82, 2.24) is 0 Å². The number of halogens is 2. The maximum Gasteiger partial charge on any atom is 0.211 e. The van der Waals surface area contributed by atoms with E-state index in [0.29, 0.717) is 17.9 Å². The number of nitrogens with one attached hydrogen (secondary N) is 1. The molecule has 0 heterocycles. The van der Waals surface area contributed by atoms with E-state index < -0.39 is 5.60 Å². The summed E-state index contributed by atoms with van der Waals surface area (Å²) in [6.07, 6.45) is 2.66. The third kappa shape index (κ3) is 3.93. The van der Waals surface area contributed by atoms with Gasteiger partial charge in [-0.05, 0) is 43.4 Å². The van der Waals surface area contributed by atoms with Crippen LogP contribution >= 0.6 is 23.2 Å². The average molecular weight is 392 g/mol. The lowest BCUT2D eigenvalue weighted by atomic mass is 9.87. The maximum atomic E-state index is 12.7. The van der Waals surface area contributed by atoms with Crippen LogP contribution in [-0.2, 0) is 10.4 Å². The van der Waals surface area contributed by atoms with Crippen molar-refractivity contribution in [2.24, 2.45) is 0 Å². The van der Waals surface area contributed by atoms with E-state index >= 15 is 0 Å². The predicted molar refractivity (Wildman–Crippen MR) is 103 cm³/mol. The second-order valence-electron chi connectivity index (χ2n) is 6.81. The molecule has 2 N–H and O–H groups in total. The molecule has 3 rings (SSSR count). The number of hydrogen-bond acceptors (Lipinski definition) is 3. The molecule has 0 aliphatic heterocycles. The monoisotopic (exact) mass is 391 g/mol. The highest BCUT2D eigenvalue weighted by Crippen LogP contribution is 2.42. The summed E-state index contributed by atoms with van der Waals surface area (Å²) in [5.41, 5.74) is 0.596. The van der Waals surface area contributed by atoms with E-state index in [1.165, 1.54) is 37.5 Å². The van der Waals surface area contributed by atoms with Crippen LogP contribution in [0.4, 0.5) is 5.69 Å². The molecular formula is C20H19Cl2NO3. The summed E-state index contributed by atoms with van der Waals surface area (Å²) in [4.78, 5) is 23.6. The first-order valence-corrected chi connectivity index (χ1v) is 9.13. The van der Waals surface area contributed by atoms with Gasteiger partial charge in [-0.2, -0.15) is 0 Å². The van der Waals surface area contributed by atoms with Gasteiger partial charge in [0.05, 0.1) is 16.3 Å². The molecule has 1 unspecified atom stereocenters. The van der Waals surface area contributed by atoms with E-state index in [4.69, 9.17) is 23.2 Å². The van der Waals surface area contributed by atoms with Gasteiger partial charge in [-0.25, -0.2) is 0 Å². The number of amides is 1. The molecule has 1 aliphatic rings. The zero-order valence-electron chi connectivity index (χ0n) is 14.3. The number of rotatable bonds is 7. The summed E-state index contributed by atoms with van der Waals surface area (Å²) < 4.78 is 0. The number of benzene rings is 2. The second kappa shape index (κ2) is 7.39. The van der Waals surface area contributed by atoms with Crippen LogP contribution in [0, 0.1) is 0 Å². The molecule has 0 aromatic heterocycles. The van der Waals surface area contributed by atoms with Gasteiger partial charge in [0.1, 0.15) is 0 Å². The lowest BCUT2D eigenvalue weighted by Gasteiger charge is -2.27. The number of hydrogen-bond donors (Lipinski definition) is 2. The van der Waals surface area contributed by atoms with Gasteiger partial charge in [0, 0.05) is 22.6 Å². The van der Waals surface area contributed by atoms with Crippen molar-refractivity contribution >= 4 is 41.1 Å². The van der Waals surface area contributed by atoms with Crippen LogP contribution in [-0.4, -0.2) is 17.3 Å². The van der Waals surface area contributed by atoms with Crippen LogP contribution in [0.1, 0.15) is 53.6 Å². The third-order valence-electron chi connectivity index (χ3n) is 4.63.